The number of nitro groups is 1. The molecule has 10 heteroatoms. The summed E-state index contributed by atoms with van der Waals surface area (Å²) < 4.78 is 28.3. The Bertz CT molecular complexity index is 1200. The molecule has 0 saturated carbocycles. The van der Waals surface area contributed by atoms with Gasteiger partial charge in [-0.05, 0) is 24.3 Å². The summed E-state index contributed by atoms with van der Waals surface area (Å²) in [5, 5.41) is 20.0. The maximum absolute atomic E-state index is 12.8. The Balaban J connectivity index is 2.32. The van der Waals surface area contributed by atoms with Gasteiger partial charge in [0.2, 0.25) is 10.0 Å². The molecule has 3 rings (SSSR count). The molecule has 0 aliphatic rings. The minimum Gasteiger partial charge on any atom is -0.395 e. The van der Waals surface area contributed by atoms with Crippen LogP contribution in [0, 0.1) is 10.1 Å². The highest BCUT2D eigenvalue weighted by Gasteiger charge is 2.18. The number of nitro benzene ring substituents is 1. The molecule has 3 aromatic rings. The zero-order chi connectivity index (χ0) is 19.1. The molecule has 1 aromatic heterocycles. The highest BCUT2D eigenvalue weighted by molar-refractivity contribution is 7.89. The number of aromatic nitrogens is 1. The summed E-state index contributed by atoms with van der Waals surface area (Å²) in [5.41, 5.74) is 0.290. The maximum atomic E-state index is 12.8. The van der Waals surface area contributed by atoms with Crippen molar-refractivity contribution in [2.75, 3.05) is 13.2 Å². The van der Waals surface area contributed by atoms with E-state index in [9.17, 15) is 23.3 Å². The SMILES string of the molecule is Cn1c2ccc([N+](=O)[O-])cc2c(=O)c2cc(S(=O)(=O)NCCO)ccc21. The zero-order valence-electron chi connectivity index (χ0n) is 13.7. The third-order valence-electron chi connectivity index (χ3n) is 4.09. The predicted octanol–water partition coefficient (Wildman–Crippen LogP) is 0.870. The van der Waals surface area contributed by atoms with E-state index in [1.165, 1.54) is 36.4 Å². The number of benzene rings is 2. The third-order valence-corrected chi connectivity index (χ3v) is 5.54. The largest absolute Gasteiger partial charge is 0.395 e. The van der Waals surface area contributed by atoms with Crippen molar-refractivity contribution in [1.82, 2.24) is 9.29 Å². The van der Waals surface area contributed by atoms with E-state index in [-0.39, 0.29) is 34.5 Å². The van der Waals surface area contributed by atoms with Gasteiger partial charge in [-0.15, -0.1) is 0 Å². The molecular formula is C16H15N3O6S. The molecule has 136 valence electrons. The van der Waals surface area contributed by atoms with Crippen LogP contribution in [-0.4, -0.2) is 36.2 Å². The third kappa shape index (κ3) is 2.94. The van der Waals surface area contributed by atoms with Crippen LogP contribution in [0.25, 0.3) is 21.8 Å². The smallest absolute Gasteiger partial charge is 0.270 e. The van der Waals surface area contributed by atoms with Crippen molar-refractivity contribution >= 4 is 37.5 Å². The molecule has 0 bridgehead atoms. The van der Waals surface area contributed by atoms with Gasteiger partial charge in [0, 0.05) is 31.1 Å². The summed E-state index contributed by atoms with van der Waals surface area (Å²) in [4.78, 5) is 23.1. The number of nitrogens with one attached hydrogen (secondary N) is 1. The fourth-order valence-electron chi connectivity index (χ4n) is 2.81. The molecule has 0 amide bonds. The van der Waals surface area contributed by atoms with Crippen LogP contribution in [0.4, 0.5) is 5.69 Å². The van der Waals surface area contributed by atoms with Crippen molar-refractivity contribution in [3.63, 3.8) is 0 Å². The summed E-state index contributed by atoms with van der Waals surface area (Å²) in [7, 11) is -2.20. The molecule has 26 heavy (non-hydrogen) atoms. The Labute approximate surface area is 147 Å². The molecule has 0 saturated heterocycles. The van der Waals surface area contributed by atoms with Crippen molar-refractivity contribution in [3.05, 3.63) is 56.7 Å². The average molecular weight is 377 g/mol. The number of nitrogens with zero attached hydrogens (tertiary/aromatic N) is 2. The van der Waals surface area contributed by atoms with Crippen LogP contribution >= 0.6 is 0 Å². The molecule has 0 aliphatic heterocycles. The maximum Gasteiger partial charge on any atom is 0.270 e. The minimum atomic E-state index is -3.88. The van der Waals surface area contributed by atoms with Crippen LogP contribution in [-0.2, 0) is 17.1 Å². The number of aliphatic hydroxyl groups is 1. The van der Waals surface area contributed by atoms with E-state index in [0.29, 0.717) is 11.0 Å². The number of hydrogen-bond acceptors (Lipinski definition) is 6. The number of pyridine rings is 1. The molecular weight excluding hydrogens is 362 g/mol. The summed E-state index contributed by atoms with van der Waals surface area (Å²) >= 11 is 0. The van der Waals surface area contributed by atoms with Crippen molar-refractivity contribution < 1.29 is 18.4 Å². The molecule has 0 aliphatic carbocycles. The van der Waals surface area contributed by atoms with E-state index in [1.54, 1.807) is 11.6 Å². The molecule has 0 unspecified atom stereocenters. The molecule has 0 fully saturated rings. The van der Waals surface area contributed by atoms with Gasteiger partial charge in [-0.3, -0.25) is 14.9 Å². The lowest BCUT2D eigenvalue weighted by atomic mass is 10.1. The van der Waals surface area contributed by atoms with Gasteiger partial charge >= 0.3 is 0 Å². The van der Waals surface area contributed by atoms with Crippen molar-refractivity contribution in [2.24, 2.45) is 7.05 Å². The van der Waals surface area contributed by atoms with E-state index in [1.807, 2.05) is 0 Å². The van der Waals surface area contributed by atoms with Gasteiger partial charge in [0.15, 0.2) is 5.43 Å². The first kappa shape index (κ1) is 18.0. The standard InChI is InChI=1S/C16H15N3O6S/c1-18-14-4-2-10(19(22)23)8-12(14)16(21)13-9-11(3-5-15(13)18)26(24,25)17-6-7-20/h2-5,8-9,17,20H,6-7H2,1H3. The molecule has 2 aromatic carbocycles. The Kier molecular flexibility index (Phi) is 4.48. The summed E-state index contributed by atoms with van der Waals surface area (Å²) in [5.74, 6) is 0. The highest BCUT2D eigenvalue weighted by Crippen LogP contribution is 2.24. The quantitative estimate of drug-likeness (QED) is 0.385. The molecule has 0 radical (unpaired) electrons. The number of hydrogen-bond donors (Lipinski definition) is 2. The zero-order valence-corrected chi connectivity index (χ0v) is 14.5. The minimum absolute atomic E-state index is 0.125. The molecule has 0 atom stereocenters. The predicted molar refractivity (Wildman–Crippen MR) is 95.6 cm³/mol. The van der Waals surface area contributed by atoms with Crippen molar-refractivity contribution in [3.8, 4) is 0 Å². The number of rotatable bonds is 5. The lowest BCUT2D eigenvalue weighted by molar-refractivity contribution is -0.384. The highest BCUT2D eigenvalue weighted by atomic mass is 32.2. The fraction of sp³-hybridized carbons (Fsp3) is 0.188. The van der Waals surface area contributed by atoms with E-state index in [4.69, 9.17) is 5.11 Å². The fourth-order valence-corrected chi connectivity index (χ4v) is 3.85. The Morgan fingerprint density at radius 3 is 2.38 bits per heavy atom. The lowest BCUT2D eigenvalue weighted by Gasteiger charge is -2.12. The van der Waals surface area contributed by atoms with Crippen LogP contribution in [0.1, 0.15) is 0 Å². The summed E-state index contributed by atoms with van der Waals surface area (Å²) in [6.07, 6.45) is 0. The second kappa shape index (κ2) is 6.48. The summed E-state index contributed by atoms with van der Waals surface area (Å²) in [6.45, 7) is -0.509. The van der Waals surface area contributed by atoms with Crippen LogP contribution in [0.15, 0.2) is 46.1 Å². The number of aliphatic hydroxyl groups excluding tert-OH is 1. The molecule has 1 heterocycles. The Hall–Kier alpha value is -2.82. The Morgan fingerprint density at radius 1 is 1.15 bits per heavy atom. The first-order valence-corrected chi connectivity index (χ1v) is 9.06. The average Bonchev–Trinajstić information content (AvgIpc) is 2.63. The lowest BCUT2D eigenvalue weighted by Crippen LogP contribution is -2.26. The van der Waals surface area contributed by atoms with E-state index < -0.39 is 20.4 Å². The first-order chi connectivity index (χ1) is 12.3. The van der Waals surface area contributed by atoms with Gasteiger partial charge in [-0.2, -0.15) is 0 Å². The van der Waals surface area contributed by atoms with E-state index in [2.05, 4.69) is 4.72 Å². The monoisotopic (exact) mass is 377 g/mol. The number of non-ortho nitro benzene ring substituents is 1. The first-order valence-electron chi connectivity index (χ1n) is 7.57. The van der Waals surface area contributed by atoms with E-state index >= 15 is 0 Å². The molecule has 9 nitrogen and oxygen atoms in total. The van der Waals surface area contributed by atoms with E-state index in [0.717, 1.165) is 0 Å². The number of sulfonamides is 1. The van der Waals surface area contributed by atoms with Gasteiger partial charge in [0.1, 0.15) is 0 Å². The van der Waals surface area contributed by atoms with Gasteiger partial charge < -0.3 is 9.67 Å². The van der Waals surface area contributed by atoms with Crippen molar-refractivity contribution in [1.29, 1.82) is 0 Å². The van der Waals surface area contributed by atoms with Crippen LogP contribution in [0.3, 0.4) is 0 Å². The second-order valence-electron chi connectivity index (χ2n) is 5.65. The van der Waals surface area contributed by atoms with Crippen LogP contribution in [0.5, 0.6) is 0 Å². The van der Waals surface area contributed by atoms with Gasteiger partial charge in [0.05, 0.1) is 32.8 Å². The Morgan fingerprint density at radius 2 is 1.77 bits per heavy atom. The van der Waals surface area contributed by atoms with Crippen LogP contribution in [0.2, 0.25) is 0 Å². The second-order valence-corrected chi connectivity index (χ2v) is 7.41. The number of aryl methyl sites for hydroxylation is 1. The van der Waals surface area contributed by atoms with Crippen LogP contribution < -0.4 is 10.2 Å². The molecule has 0 spiro atoms. The van der Waals surface area contributed by atoms with Crippen molar-refractivity contribution in [2.45, 2.75) is 4.90 Å². The summed E-state index contributed by atoms with van der Waals surface area (Å²) in [6, 6.07) is 8.08. The van der Waals surface area contributed by atoms with Gasteiger partial charge in [-0.1, -0.05) is 0 Å². The normalized spacial score (nSPS) is 11.9. The topological polar surface area (TPSA) is 132 Å². The number of fused-ring (bicyclic) bond motifs is 2. The van der Waals surface area contributed by atoms with Gasteiger partial charge in [-0.25, -0.2) is 13.1 Å². The molecule has 2 N–H and O–H groups in total. The van der Waals surface area contributed by atoms with Gasteiger partial charge in [0.25, 0.3) is 5.69 Å².